The molecule has 1 aromatic rings. The van der Waals surface area contributed by atoms with Gasteiger partial charge in [0.05, 0.1) is 6.61 Å². The lowest BCUT2D eigenvalue weighted by molar-refractivity contribution is 0.340. The molecule has 1 aromatic carbocycles. The van der Waals surface area contributed by atoms with E-state index in [2.05, 4.69) is 5.32 Å². The van der Waals surface area contributed by atoms with Crippen LogP contribution in [0.25, 0.3) is 0 Å². The van der Waals surface area contributed by atoms with Gasteiger partial charge in [-0.1, -0.05) is 12.1 Å². The molecule has 0 atom stereocenters. The van der Waals surface area contributed by atoms with Crippen molar-refractivity contribution in [2.45, 2.75) is 13.5 Å². The van der Waals surface area contributed by atoms with Crippen LogP contribution in [0.5, 0.6) is 5.75 Å². The Morgan fingerprint density at radius 2 is 2.08 bits per heavy atom. The molecule has 1 N–H and O–H groups in total. The Morgan fingerprint density at radius 1 is 1.38 bits per heavy atom. The Balaban J connectivity index is 2.53. The van der Waals surface area contributed by atoms with Crippen molar-refractivity contribution >= 4 is 6.41 Å². The zero-order valence-corrected chi connectivity index (χ0v) is 7.54. The highest BCUT2D eigenvalue weighted by molar-refractivity contribution is 5.47. The number of rotatable bonds is 5. The molecule has 0 bridgehead atoms. The summed E-state index contributed by atoms with van der Waals surface area (Å²) in [5.74, 6) is 0.848. The van der Waals surface area contributed by atoms with E-state index in [9.17, 15) is 4.79 Å². The van der Waals surface area contributed by atoms with Crippen LogP contribution in [0.4, 0.5) is 0 Å². The van der Waals surface area contributed by atoms with E-state index in [0.717, 1.165) is 11.3 Å². The van der Waals surface area contributed by atoms with E-state index in [0.29, 0.717) is 13.2 Å². The van der Waals surface area contributed by atoms with Crippen molar-refractivity contribution in [3.8, 4) is 5.75 Å². The normalized spacial score (nSPS) is 9.31. The van der Waals surface area contributed by atoms with E-state index in [4.69, 9.17) is 4.74 Å². The molecule has 0 aliphatic heterocycles. The maximum atomic E-state index is 9.89. The number of ether oxygens (including phenoxy) is 1. The van der Waals surface area contributed by atoms with Crippen LogP contribution < -0.4 is 10.1 Å². The molecule has 3 nitrogen and oxygen atoms in total. The summed E-state index contributed by atoms with van der Waals surface area (Å²) in [4.78, 5) is 9.89. The van der Waals surface area contributed by atoms with Crippen molar-refractivity contribution in [1.29, 1.82) is 0 Å². The van der Waals surface area contributed by atoms with Gasteiger partial charge in [-0.25, -0.2) is 0 Å². The molecule has 0 saturated heterocycles. The van der Waals surface area contributed by atoms with Gasteiger partial charge >= 0.3 is 6.41 Å². The zero-order valence-electron chi connectivity index (χ0n) is 7.54. The first kappa shape index (κ1) is 9.58. The first-order valence-electron chi connectivity index (χ1n) is 4.18. The van der Waals surface area contributed by atoms with E-state index >= 15 is 0 Å². The summed E-state index contributed by atoms with van der Waals surface area (Å²) < 4.78 is 5.27. The SMILES string of the molecule is CCOc1ccc(CN[C]=O)cc1. The molecule has 0 aliphatic carbocycles. The Hall–Kier alpha value is -1.51. The summed E-state index contributed by atoms with van der Waals surface area (Å²) >= 11 is 0. The summed E-state index contributed by atoms with van der Waals surface area (Å²) in [6.07, 6.45) is 1.62. The maximum Gasteiger partial charge on any atom is 0.309 e. The molecule has 0 heterocycles. The van der Waals surface area contributed by atoms with Crippen molar-refractivity contribution < 1.29 is 9.53 Å². The summed E-state index contributed by atoms with van der Waals surface area (Å²) in [6, 6.07) is 7.58. The predicted molar refractivity (Wildman–Crippen MR) is 50.1 cm³/mol. The number of amides is 1. The van der Waals surface area contributed by atoms with Gasteiger partial charge in [-0.3, -0.25) is 4.79 Å². The summed E-state index contributed by atoms with van der Waals surface area (Å²) in [5, 5.41) is 2.47. The van der Waals surface area contributed by atoms with Gasteiger partial charge in [0, 0.05) is 6.54 Å². The zero-order chi connectivity index (χ0) is 9.52. The molecule has 1 amide bonds. The third kappa shape index (κ3) is 3.15. The van der Waals surface area contributed by atoms with Crippen molar-refractivity contribution in [3.05, 3.63) is 29.8 Å². The fourth-order valence-electron chi connectivity index (χ4n) is 1.01. The fourth-order valence-corrected chi connectivity index (χ4v) is 1.01. The summed E-state index contributed by atoms with van der Waals surface area (Å²) in [7, 11) is 0. The number of carbonyl (C=O) groups excluding carboxylic acids is 1. The third-order valence-corrected chi connectivity index (χ3v) is 1.60. The lowest BCUT2D eigenvalue weighted by atomic mass is 10.2. The number of benzene rings is 1. The van der Waals surface area contributed by atoms with Crippen LogP contribution in [0.3, 0.4) is 0 Å². The van der Waals surface area contributed by atoms with Crippen molar-refractivity contribution in [1.82, 2.24) is 5.32 Å². The van der Waals surface area contributed by atoms with Gasteiger partial charge in [-0.05, 0) is 24.6 Å². The van der Waals surface area contributed by atoms with E-state index in [1.54, 1.807) is 6.41 Å². The van der Waals surface area contributed by atoms with E-state index in [-0.39, 0.29) is 0 Å². The number of hydrogen-bond donors (Lipinski definition) is 1. The van der Waals surface area contributed by atoms with Gasteiger partial charge in [0.15, 0.2) is 0 Å². The molecule has 1 rings (SSSR count). The molecule has 3 heteroatoms. The average Bonchev–Trinajstić information content (AvgIpc) is 2.17. The topological polar surface area (TPSA) is 38.3 Å². The molecule has 0 unspecified atom stereocenters. The first-order chi connectivity index (χ1) is 6.36. The highest BCUT2D eigenvalue weighted by Gasteiger charge is 1.93. The van der Waals surface area contributed by atoms with Crippen LogP contribution in [0.2, 0.25) is 0 Å². The van der Waals surface area contributed by atoms with Crippen LogP contribution in [0.1, 0.15) is 12.5 Å². The second-order valence-corrected chi connectivity index (χ2v) is 2.53. The first-order valence-corrected chi connectivity index (χ1v) is 4.18. The lowest BCUT2D eigenvalue weighted by Crippen LogP contribution is -2.09. The smallest absolute Gasteiger partial charge is 0.309 e. The van der Waals surface area contributed by atoms with E-state index in [1.165, 1.54) is 0 Å². The van der Waals surface area contributed by atoms with Crippen LogP contribution in [-0.4, -0.2) is 13.0 Å². The maximum absolute atomic E-state index is 9.89. The minimum Gasteiger partial charge on any atom is -0.494 e. The fraction of sp³-hybridized carbons (Fsp3) is 0.300. The van der Waals surface area contributed by atoms with Crippen LogP contribution in [0.15, 0.2) is 24.3 Å². The van der Waals surface area contributed by atoms with Gasteiger partial charge in [0.2, 0.25) is 0 Å². The monoisotopic (exact) mass is 178 g/mol. The quantitative estimate of drug-likeness (QED) is 0.689. The summed E-state index contributed by atoms with van der Waals surface area (Å²) in [6.45, 7) is 3.12. The molecular weight excluding hydrogens is 166 g/mol. The molecule has 0 aromatic heterocycles. The highest BCUT2D eigenvalue weighted by Crippen LogP contribution is 2.11. The second kappa shape index (κ2) is 5.19. The van der Waals surface area contributed by atoms with Crippen molar-refractivity contribution in [2.75, 3.05) is 6.61 Å². The van der Waals surface area contributed by atoms with Gasteiger partial charge in [0.1, 0.15) is 5.75 Å². The Bertz CT molecular complexity index is 256. The largest absolute Gasteiger partial charge is 0.494 e. The molecule has 0 fully saturated rings. The van der Waals surface area contributed by atoms with Gasteiger partial charge in [-0.15, -0.1) is 0 Å². The second-order valence-electron chi connectivity index (χ2n) is 2.53. The van der Waals surface area contributed by atoms with E-state index in [1.807, 2.05) is 31.2 Å². The predicted octanol–water partition coefficient (Wildman–Crippen LogP) is 1.24. The number of nitrogens with one attached hydrogen (secondary N) is 1. The van der Waals surface area contributed by atoms with Crippen molar-refractivity contribution in [3.63, 3.8) is 0 Å². The minimum atomic E-state index is 0.510. The molecule has 69 valence electrons. The van der Waals surface area contributed by atoms with Gasteiger partial charge in [-0.2, -0.15) is 0 Å². The van der Waals surface area contributed by atoms with Gasteiger partial charge in [0.25, 0.3) is 0 Å². The van der Waals surface area contributed by atoms with Crippen LogP contribution in [0, 0.1) is 0 Å². The molecule has 0 saturated carbocycles. The molecule has 0 spiro atoms. The summed E-state index contributed by atoms with van der Waals surface area (Å²) in [5.41, 5.74) is 1.03. The lowest BCUT2D eigenvalue weighted by Gasteiger charge is -2.03. The Labute approximate surface area is 77.7 Å². The van der Waals surface area contributed by atoms with Gasteiger partial charge < -0.3 is 10.1 Å². The molecular formula is C10H12NO2. The van der Waals surface area contributed by atoms with Crippen molar-refractivity contribution in [2.24, 2.45) is 0 Å². The Kier molecular flexibility index (Phi) is 3.82. The molecule has 13 heavy (non-hydrogen) atoms. The standard InChI is InChI=1S/C10H12NO2/c1-2-13-10-5-3-9(4-6-10)7-11-8-12/h3-6H,2,7H2,1H3,(H,11,12). The van der Waals surface area contributed by atoms with Crippen LogP contribution >= 0.6 is 0 Å². The van der Waals surface area contributed by atoms with Crippen LogP contribution in [-0.2, 0) is 11.3 Å². The minimum absolute atomic E-state index is 0.510. The average molecular weight is 178 g/mol. The number of hydrogen-bond acceptors (Lipinski definition) is 2. The molecule has 0 aliphatic rings. The van der Waals surface area contributed by atoms with E-state index < -0.39 is 0 Å². The molecule has 1 radical (unpaired) electrons. The Morgan fingerprint density at radius 3 is 2.62 bits per heavy atom. The third-order valence-electron chi connectivity index (χ3n) is 1.60. The highest BCUT2D eigenvalue weighted by atomic mass is 16.5.